The molecular weight excluding hydrogens is 224 g/mol. The minimum Gasteiger partial charge on any atom is -0.302 e. The number of nitrogens with one attached hydrogen (secondary N) is 2. The van der Waals surface area contributed by atoms with Crippen LogP contribution in [0, 0.1) is 11.3 Å². The summed E-state index contributed by atoms with van der Waals surface area (Å²) in [7, 11) is 0. The van der Waals surface area contributed by atoms with E-state index < -0.39 is 5.41 Å². The molecule has 1 aliphatic heterocycles. The Labute approximate surface area is 99.5 Å². The molecule has 0 aromatic heterocycles. The molecule has 1 saturated heterocycles. The van der Waals surface area contributed by atoms with Gasteiger partial charge in [0.2, 0.25) is 11.8 Å². The second-order valence-electron chi connectivity index (χ2n) is 4.30. The van der Waals surface area contributed by atoms with Crippen LogP contribution < -0.4 is 10.6 Å². The molecule has 0 bridgehead atoms. The minimum atomic E-state index is -1.12. The summed E-state index contributed by atoms with van der Waals surface area (Å²) in [6, 6.07) is 0. The molecule has 2 rings (SSSR count). The molecule has 1 saturated carbocycles. The number of hydrogen-bond acceptors (Lipinski definition) is 3. The molecule has 5 heteroatoms. The largest absolute Gasteiger partial charge is 0.302 e. The first-order chi connectivity index (χ1) is 7.52. The Morgan fingerprint density at radius 2 is 1.94 bits per heavy atom. The van der Waals surface area contributed by atoms with Crippen molar-refractivity contribution in [2.75, 3.05) is 0 Å². The van der Waals surface area contributed by atoms with Crippen LogP contribution in [0.1, 0.15) is 26.2 Å². The van der Waals surface area contributed by atoms with E-state index in [9.17, 15) is 9.59 Å². The normalized spacial score (nSPS) is 23.7. The molecule has 0 aromatic carbocycles. The van der Waals surface area contributed by atoms with Crippen LogP contribution in [0.4, 0.5) is 0 Å². The van der Waals surface area contributed by atoms with Crippen LogP contribution in [0.2, 0.25) is 0 Å². The van der Waals surface area contributed by atoms with E-state index in [1.54, 1.807) is 0 Å². The van der Waals surface area contributed by atoms with E-state index >= 15 is 0 Å². The number of amides is 2. The third-order valence-corrected chi connectivity index (χ3v) is 3.58. The zero-order chi connectivity index (χ0) is 11.9. The average Bonchev–Trinajstić information content (AvgIpc) is 3.00. The second kappa shape index (κ2) is 3.66. The van der Waals surface area contributed by atoms with E-state index in [0.717, 1.165) is 18.4 Å². The van der Waals surface area contributed by atoms with Gasteiger partial charge in [0.15, 0.2) is 5.11 Å². The molecule has 1 heterocycles. The van der Waals surface area contributed by atoms with Gasteiger partial charge in [-0.1, -0.05) is 13.5 Å². The van der Waals surface area contributed by atoms with Crippen molar-refractivity contribution in [3.05, 3.63) is 12.2 Å². The van der Waals surface area contributed by atoms with E-state index in [1.165, 1.54) is 0 Å². The van der Waals surface area contributed by atoms with E-state index in [0.29, 0.717) is 12.3 Å². The molecule has 1 aliphatic carbocycles. The van der Waals surface area contributed by atoms with Crippen LogP contribution in [0.3, 0.4) is 0 Å². The summed E-state index contributed by atoms with van der Waals surface area (Å²) >= 11 is 4.78. The minimum absolute atomic E-state index is 0.0858. The third kappa shape index (κ3) is 1.46. The topological polar surface area (TPSA) is 58.2 Å². The maximum Gasteiger partial charge on any atom is 0.245 e. The van der Waals surface area contributed by atoms with Gasteiger partial charge < -0.3 is 10.6 Å². The first-order valence-electron chi connectivity index (χ1n) is 5.38. The summed E-state index contributed by atoms with van der Waals surface area (Å²) in [5.74, 6) is -0.357. The predicted molar refractivity (Wildman–Crippen MR) is 63.5 cm³/mol. The van der Waals surface area contributed by atoms with Gasteiger partial charge in [0.1, 0.15) is 5.41 Å². The Bertz CT molecular complexity index is 379. The second-order valence-corrected chi connectivity index (χ2v) is 4.70. The molecule has 0 aromatic rings. The Morgan fingerprint density at radius 3 is 2.31 bits per heavy atom. The van der Waals surface area contributed by atoms with Gasteiger partial charge in [-0.25, -0.2) is 0 Å². The lowest BCUT2D eigenvalue weighted by Crippen LogP contribution is -2.62. The standard InChI is InChI=1S/C11H14N2O2S/c1-3-11(6(2)7-4-5-7)8(14)12-10(16)13-9(11)15/h7H,2-5H2,1H3,(H2,12,13,14,15,16). The molecule has 2 aliphatic rings. The Kier molecular flexibility index (Phi) is 2.58. The summed E-state index contributed by atoms with van der Waals surface area (Å²) in [4.78, 5) is 24.0. The zero-order valence-electron chi connectivity index (χ0n) is 9.13. The Morgan fingerprint density at radius 1 is 1.44 bits per heavy atom. The third-order valence-electron chi connectivity index (χ3n) is 3.38. The van der Waals surface area contributed by atoms with Crippen LogP contribution in [-0.2, 0) is 9.59 Å². The van der Waals surface area contributed by atoms with Crippen molar-refractivity contribution in [3.63, 3.8) is 0 Å². The van der Waals surface area contributed by atoms with Crippen molar-refractivity contribution in [2.24, 2.45) is 11.3 Å². The van der Waals surface area contributed by atoms with Gasteiger partial charge in [-0.2, -0.15) is 0 Å². The molecule has 0 unspecified atom stereocenters. The summed E-state index contributed by atoms with van der Waals surface area (Å²) in [5.41, 5.74) is -0.392. The highest BCUT2D eigenvalue weighted by Crippen LogP contribution is 2.47. The first-order valence-corrected chi connectivity index (χ1v) is 5.79. The maximum atomic E-state index is 12.0. The fraction of sp³-hybridized carbons (Fsp3) is 0.545. The highest BCUT2D eigenvalue weighted by molar-refractivity contribution is 7.80. The van der Waals surface area contributed by atoms with Gasteiger partial charge in [0.25, 0.3) is 0 Å². The fourth-order valence-corrected chi connectivity index (χ4v) is 2.36. The van der Waals surface area contributed by atoms with E-state index in [2.05, 4.69) is 17.2 Å². The van der Waals surface area contributed by atoms with Crippen molar-refractivity contribution in [1.29, 1.82) is 0 Å². The van der Waals surface area contributed by atoms with Gasteiger partial charge in [0, 0.05) is 0 Å². The molecule has 0 atom stereocenters. The Hall–Kier alpha value is -1.23. The number of carbonyl (C=O) groups excluding carboxylic acids is 2. The van der Waals surface area contributed by atoms with Gasteiger partial charge >= 0.3 is 0 Å². The van der Waals surface area contributed by atoms with Gasteiger partial charge in [0.05, 0.1) is 0 Å². The lowest BCUT2D eigenvalue weighted by Gasteiger charge is -2.35. The van der Waals surface area contributed by atoms with E-state index in [4.69, 9.17) is 12.2 Å². The lowest BCUT2D eigenvalue weighted by molar-refractivity contribution is -0.141. The Balaban J connectivity index is 2.37. The zero-order valence-corrected chi connectivity index (χ0v) is 9.95. The number of hydrogen-bond donors (Lipinski definition) is 2. The quantitative estimate of drug-likeness (QED) is 0.436. The van der Waals surface area contributed by atoms with Gasteiger partial charge in [-0.15, -0.1) is 0 Å². The summed E-state index contributed by atoms with van der Waals surface area (Å²) in [6.07, 6.45) is 2.46. The van der Waals surface area contributed by atoms with Gasteiger partial charge in [-0.3, -0.25) is 9.59 Å². The smallest absolute Gasteiger partial charge is 0.245 e. The highest BCUT2D eigenvalue weighted by Gasteiger charge is 2.53. The molecule has 16 heavy (non-hydrogen) atoms. The molecule has 86 valence electrons. The molecule has 2 N–H and O–H groups in total. The van der Waals surface area contributed by atoms with Crippen LogP contribution >= 0.6 is 12.2 Å². The fourth-order valence-electron chi connectivity index (χ4n) is 2.17. The van der Waals surface area contributed by atoms with Crippen molar-refractivity contribution in [3.8, 4) is 0 Å². The average molecular weight is 238 g/mol. The first kappa shape index (κ1) is 11.3. The van der Waals surface area contributed by atoms with Crippen molar-refractivity contribution in [1.82, 2.24) is 10.6 Å². The van der Waals surface area contributed by atoms with Crippen molar-refractivity contribution >= 4 is 29.1 Å². The monoisotopic (exact) mass is 238 g/mol. The summed E-state index contributed by atoms with van der Waals surface area (Å²) in [6.45, 7) is 5.76. The molecule has 4 nitrogen and oxygen atoms in total. The van der Waals surface area contributed by atoms with E-state index in [1.807, 2.05) is 6.92 Å². The summed E-state index contributed by atoms with van der Waals surface area (Å²) < 4.78 is 0. The summed E-state index contributed by atoms with van der Waals surface area (Å²) in [5, 5.41) is 5.12. The van der Waals surface area contributed by atoms with Crippen LogP contribution in [-0.4, -0.2) is 16.9 Å². The predicted octanol–water partition coefficient (Wildman–Crippen LogP) is 0.880. The number of thiocarbonyl (C=S) groups is 1. The maximum absolute atomic E-state index is 12.0. The number of rotatable bonds is 3. The molecule has 0 radical (unpaired) electrons. The molecule has 2 fully saturated rings. The van der Waals surface area contributed by atoms with Gasteiger partial charge in [-0.05, 0) is 43.0 Å². The highest BCUT2D eigenvalue weighted by atomic mass is 32.1. The molecule has 2 amide bonds. The van der Waals surface area contributed by atoms with Crippen LogP contribution in [0.5, 0.6) is 0 Å². The van der Waals surface area contributed by atoms with Crippen LogP contribution in [0.25, 0.3) is 0 Å². The van der Waals surface area contributed by atoms with E-state index in [-0.39, 0.29) is 16.9 Å². The SMILES string of the molecule is C=C(C1CC1)C1(CC)C(=O)NC(=S)NC1=O. The molecule has 0 spiro atoms. The molecular formula is C11H14N2O2S. The van der Waals surface area contributed by atoms with Crippen molar-refractivity contribution < 1.29 is 9.59 Å². The number of carbonyl (C=O) groups is 2. The van der Waals surface area contributed by atoms with Crippen molar-refractivity contribution in [2.45, 2.75) is 26.2 Å². The lowest BCUT2D eigenvalue weighted by atomic mass is 9.73. The van der Waals surface area contributed by atoms with Crippen LogP contribution in [0.15, 0.2) is 12.2 Å².